The molecule has 1 amide bonds. The number of amides is 1. The van der Waals surface area contributed by atoms with Crippen molar-refractivity contribution >= 4 is 11.9 Å². The fraction of sp³-hybridized carbons (Fsp3) is 0.375. The zero-order valence-electron chi connectivity index (χ0n) is 11.8. The highest BCUT2D eigenvalue weighted by Crippen LogP contribution is 2.27. The maximum Gasteiger partial charge on any atom is 0.307 e. The average molecular weight is 289 g/mol. The lowest BCUT2D eigenvalue weighted by Crippen LogP contribution is -2.39. The number of carbonyl (C=O) groups is 2. The maximum absolute atomic E-state index is 12.3. The SMILES string of the molecule is CC(NC(=O)C1CC=CCC1C(=O)O)c1cccc(O)c1. The molecule has 0 saturated carbocycles. The first-order chi connectivity index (χ1) is 9.99. The van der Waals surface area contributed by atoms with Gasteiger partial charge in [-0.1, -0.05) is 24.3 Å². The van der Waals surface area contributed by atoms with E-state index in [1.54, 1.807) is 37.3 Å². The van der Waals surface area contributed by atoms with Gasteiger partial charge in [-0.05, 0) is 37.5 Å². The van der Waals surface area contributed by atoms with Crippen molar-refractivity contribution in [2.45, 2.75) is 25.8 Å². The van der Waals surface area contributed by atoms with Crippen molar-refractivity contribution < 1.29 is 19.8 Å². The molecule has 0 spiro atoms. The van der Waals surface area contributed by atoms with Crippen molar-refractivity contribution in [2.24, 2.45) is 11.8 Å². The summed E-state index contributed by atoms with van der Waals surface area (Å²) < 4.78 is 0. The summed E-state index contributed by atoms with van der Waals surface area (Å²) in [7, 11) is 0. The molecule has 0 bridgehead atoms. The van der Waals surface area contributed by atoms with Crippen LogP contribution in [0, 0.1) is 11.8 Å². The minimum atomic E-state index is -0.940. The fourth-order valence-corrected chi connectivity index (χ4v) is 2.57. The van der Waals surface area contributed by atoms with E-state index in [1.807, 2.05) is 6.08 Å². The molecular formula is C16H19NO4. The molecule has 0 aromatic heterocycles. The van der Waals surface area contributed by atoms with Crippen LogP contribution in [0.1, 0.15) is 31.4 Å². The van der Waals surface area contributed by atoms with Gasteiger partial charge < -0.3 is 15.5 Å². The molecule has 0 heterocycles. The van der Waals surface area contributed by atoms with E-state index in [2.05, 4.69) is 5.32 Å². The highest BCUT2D eigenvalue weighted by Gasteiger charge is 2.34. The number of hydrogen-bond acceptors (Lipinski definition) is 3. The summed E-state index contributed by atoms with van der Waals surface area (Å²) in [6.07, 6.45) is 4.48. The molecule has 0 radical (unpaired) electrons. The van der Waals surface area contributed by atoms with E-state index >= 15 is 0 Å². The van der Waals surface area contributed by atoms with E-state index < -0.39 is 17.8 Å². The van der Waals surface area contributed by atoms with E-state index in [0.29, 0.717) is 12.8 Å². The first-order valence-electron chi connectivity index (χ1n) is 6.96. The van der Waals surface area contributed by atoms with Gasteiger partial charge >= 0.3 is 5.97 Å². The Hall–Kier alpha value is -2.30. The molecule has 0 saturated heterocycles. The number of carboxylic acid groups (broad SMARTS) is 1. The number of benzene rings is 1. The Bertz CT molecular complexity index is 567. The zero-order valence-corrected chi connectivity index (χ0v) is 11.8. The molecule has 1 aliphatic carbocycles. The van der Waals surface area contributed by atoms with Crippen LogP contribution in [0.3, 0.4) is 0 Å². The Labute approximate surface area is 123 Å². The van der Waals surface area contributed by atoms with Crippen LogP contribution in [0.25, 0.3) is 0 Å². The standard InChI is InChI=1S/C16H19NO4/c1-10(11-5-4-6-12(18)9-11)17-15(19)13-7-2-3-8-14(13)16(20)21/h2-6,9-10,13-14,18H,7-8H2,1H3,(H,17,19)(H,20,21). The normalized spacial score (nSPS) is 22.5. The van der Waals surface area contributed by atoms with Gasteiger partial charge in [0.1, 0.15) is 5.75 Å². The largest absolute Gasteiger partial charge is 0.508 e. The molecule has 1 aliphatic rings. The predicted octanol–water partition coefficient (Wildman–Crippen LogP) is 2.24. The summed E-state index contributed by atoms with van der Waals surface area (Å²) in [5.74, 6) is -2.29. The van der Waals surface area contributed by atoms with Crippen molar-refractivity contribution in [3.8, 4) is 5.75 Å². The highest BCUT2D eigenvalue weighted by atomic mass is 16.4. The number of carboxylic acids is 1. The van der Waals surface area contributed by atoms with Gasteiger partial charge in [-0.3, -0.25) is 9.59 Å². The average Bonchev–Trinajstić information content (AvgIpc) is 2.47. The number of phenolic OH excluding ortho intramolecular Hbond substituents is 1. The summed E-state index contributed by atoms with van der Waals surface area (Å²) in [6.45, 7) is 1.81. The van der Waals surface area contributed by atoms with E-state index in [1.165, 1.54) is 0 Å². The van der Waals surface area contributed by atoms with Crippen LogP contribution in [-0.4, -0.2) is 22.1 Å². The number of allylic oxidation sites excluding steroid dienone is 2. The van der Waals surface area contributed by atoms with Gasteiger partial charge in [0.15, 0.2) is 0 Å². The molecule has 112 valence electrons. The third-order valence-electron chi connectivity index (χ3n) is 3.82. The molecule has 5 heteroatoms. The minimum absolute atomic E-state index is 0.137. The number of hydrogen-bond donors (Lipinski definition) is 3. The zero-order chi connectivity index (χ0) is 15.4. The van der Waals surface area contributed by atoms with Gasteiger partial charge in [0, 0.05) is 0 Å². The summed E-state index contributed by atoms with van der Waals surface area (Å²) in [5.41, 5.74) is 0.779. The molecule has 0 fully saturated rings. The highest BCUT2D eigenvalue weighted by molar-refractivity contribution is 5.85. The van der Waals surface area contributed by atoms with Crippen LogP contribution in [0.5, 0.6) is 5.75 Å². The van der Waals surface area contributed by atoms with Crippen LogP contribution in [0.2, 0.25) is 0 Å². The lowest BCUT2D eigenvalue weighted by molar-refractivity contribution is -0.147. The Morgan fingerprint density at radius 2 is 1.90 bits per heavy atom. The van der Waals surface area contributed by atoms with Gasteiger partial charge in [-0.15, -0.1) is 0 Å². The minimum Gasteiger partial charge on any atom is -0.508 e. The van der Waals surface area contributed by atoms with Crippen LogP contribution in [-0.2, 0) is 9.59 Å². The Balaban J connectivity index is 2.06. The quantitative estimate of drug-likeness (QED) is 0.742. The van der Waals surface area contributed by atoms with Crippen LogP contribution >= 0.6 is 0 Å². The third kappa shape index (κ3) is 3.62. The lowest BCUT2D eigenvalue weighted by Gasteiger charge is -2.26. The Kier molecular flexibility index (Phi) is 4.62. The second kappa shape index (κ2) is 6.43. The molecule has 2 rings (SSSR count). The molecule has 1 aromatic rings. The van der Waals surface area contributed by atoms with Gasteiger partial charge in [-0.25, -0.2) is 0 Å². The third-order valence-corrected chi connectivity index (χ3v) is 3.82. The molecular weight excluding hydrogens is 270 g/mol. The molecule has 3 unspecified atom stereocenters. The fourth-order valence-electron chi connectivity index (χ4n) is 2.57. The summed E-state index contributed by atoms with van der Waals surface area (Å²) in [5, 5.41) is 21.5. The van der Waals surface area contributed by atoms with E-state index in [-0.39, 0.29) is 17.7 Å². The number of aliphatic carboxylic acids is 1. The first kappa shape index (κ1) is 15.1. The van der Waals surface area contributed by atoms with Crippen molar-refractivity contribution in [1.82, 2.24) is 5.32 Å². The Morgan fingerprint density at radius 3 is 2.52 bits per heavy atom. The number of carbonyl (C=O) groups excluding carboxylic acids is 1. The van der Waals surface area contributed by atoms with Crippen molar-refractivity contribution in [3.63, 3.8) is 0 Å². The molecule has 3 atom stereocenters. The van der Waals surface area contributed by atoms with Crippen molar-refractivity contribution in [3.05, 3.63) is 42.0 Å². The summed E-state index contributed by atoms with van der Waals surface area (Å²) >= 11 is 0. The topological polar surface area (TPSA) is 86.6 Å². The molecule has 5 nitrogen and oxygen atoms in total. The lowest BCUT2D eigenvalue weighted by atomic mass is 9.82. The molecule has 0 aliphatic heterocycles. The summed E-state index contributed by atoms with van der Waals surface area (Å²) in [4.78, 5) is 23.5. The molecule has 21 heavy (non-hydrogen) atoms. The monoisotopic (exact) mass is 289 g/mol. The number of aromatic hydroxyl groups is 1. The number of phenols is 1. The van der Waals surface area contributed by atoms with Crippen LogP contribution in [0.15, 0.2) is 36.4 Å². The predicted molar refractivity (Wildman–Crippen MR) is 77.7 cm³/mol. The van der Waals surface area contributed by atoms with Crippen LogP contribution in [0.4, 0.5) is 0 Å². The van der Waals surface area contributed by atoms with Gasteiger partial charge in [0.2, 0.25) is 5.91 Å². The van der Waals surface area contributed by atoms with Gasteiger partial charge in [0.25, 0.3) is 0 Å². The first-order valence-corrected chi connectivity index (χ1v) is 6.96. The number of rotatable bonds is 4. The van der Waals surface area contributed by atoms with E-state index in [4.69, 9.17) is 0 Å². The molecule has 3 N–H and O–H groups in total. The smallest absolute Gasteiger partial charge is 0.307 e. The second-order valence-corrected chi connectivity index (χ2v) is 5.32. The second-order valence-electron chi connectivity index (χ2n) is 5.32. The number of nitrogens with one attached hydrogen (secondary N) is 1. The van der Waals surface area contributed by atoms with Crippen molar-refractivity contribution in [2.75, 3.05) is 0 Å². The van der Waals surface area contributed by atoms with Gasteiger partial charge in [0.05, 0.1) is 17.9 Å². The maximum atomic E-state index is 12.3. The molecule has 1 aromatic carbocycles. The van der Waals surface area contributed by atoms with E-state index in [9.17, 15) is 19.8 Å². The Morgan fingerprint density at radius 1 is 1.24 bits per heavy atom. The van der Waals surface area contributed by atoms with Crippen molar-refractivity contribution in [1.29, 1.82) is 0 Å². The summed E-state index contributed by atoms with van der Waals surface area (Å²) in [6, 6.07) is 6.37. The van der Waals surface area contributed by atoms with Crippen LogP contribution < -0.4 is 5.32 Å². The van der Waals surface area contributed by atoms with Gasteiger partial charge in [-0.2, -0.15) is 0 Å². The van der Waals surface area contributed by atoms with E-state index in [0.717, 1.165) is 5.56 Å².